The van der Waals surface area contributed by atoms with Gasteiger partial charge in [0.1, 0.15) is 5.56 Å². The van der Waals surface area contributed by atoms with Crippen molar-refractivity contribution >= 4 is 23.3 Å². The van der Waals surface area contributed by atoms with Crippen LogP contribution in [0.25, 0.3) is 16.8 Å². The first-order valence-corrected chi connectivity index (χ1v) is 9.25. The van der Waals surface area contributed by atoms with E-state index in [0.717, 1.165) is 5.56 Å². The normalized spacial score (nSPS) is 12.6. The van der Waals surface area contributed by atoms with Crippen molar-refractivity contribution in [1.29, 1.82) is 0 Å². The van der Waals surface area contributed by atoms with Crippen LogP contribution >= 0.6 is 0 Å². The average Bonchev–Trinajstić information content (AvgIpc) is 3.20. The first-order chi connectivity index (χ1) is 14.8. The number of hydrogen-bond donors (Lipinski definition) is 2. The van der Waals surface area contributed by atoms with Gasteiger partial charge in [0.15, 0.2) is 5.83 Å². The highest BCUT2D eigenvalue weighted by Gasteiger charge is 2.25. The maximum absolute atomic E-state index is 13.0. The predicted molar refractivity (Wildman–Crippen MR) is 111 cm³/mol. The Labute approximate surface area is 175 Å². The highest BCUT2D eigenvalue weighted by atomic mass is 19.1. The molecule has 0 bridgehead atoms. The van der Waals surface area contributed by atoms with Crippen LogP contribution in [0.2, 0.25) is 0 Å². The molecule has 0 aliphatic carbocycles. The summed E-state index contributed by atoms with van der Waals surface area (Å²) in [5.41, 5.74) is 2.90. The van der Waals surface area contributed by atoms with Crippen molar-refractivity contribution in [1.82, 2.24) is 15.1 Å². The number of nitrogens with zero attached hydrogens (tertiary/aromatic N) is 3. The van der Waals surface area contributed by atoms with E-state index in [1.165, 1.54) is 23.0 Å². The van der Waals surface area contributed by atoms with Crippen molar-refractivity contribution in [3.63, 3.8) is 0 Å². The summed E-state index contributed by atoms with van der Waals surface area (Å²) in [6, 6.07) is 11.3. The molecular formula is C21H16FN5O4. The fourth-order valence-corrected chi connectivity index (χ4v) is 3.36. The maximum atomic E-state index is 13.0. The zero-order valence-corrected chi connectivity index (χ0v) is 16.1. The van der Waals surface area contributed by atoms with E-state index in [0.29, 0.717) is 29.8 Å². The number of fused-ring (bicyclic) bond motifs is 1. The molecule has 9 nitrogen and oxygen atoms in total. The predicted octanol–water partition coefficient (Wildman–Crippen LogP) is 3.16. The molecule has 3 aromatic rings. The van der Waals surface area contributed by atoms with Gasteiger partial charge in [0.2, 0.25) is 0 Å². The summed E-state index contributed by atoms with van der Waals surface area (Å²) in [5, 5.41) is 20.8. The molecular weight excluding hydrogens is 405 g/mol. The van der Waals surface area contributed by atoms with Gasteiger partial charge in [-0.3, -0.25) is 9.59 Å². The quantitative estimate of drug-likeness (QED) is 0.373. The zero-order chi connectivity index (χ0) is 22.1. The third-order valence-electron chi connectivity index (χ3n) is 4.82. The molecule has 0 atom stereocenters. The van der Waals surface area contributed by atoms with E-state index < -0.39 is 16.7 Å². The van der Waals surface area contributed by atoms with Gasteiger partial charge in [0, 0.05) is 17.8 Å². The Bertz CT molecular complexity index is 1250. The second-order valence-electron chi connectivity index (χ2n) is 6.86. The zero-order valence-electron chi connectivity index (χ0n) is 16.1. The minimum atomic E-state index is -1.14. The highest BCUT2D eigenvalue weighted by molar-refractivity contribution is 6.01. The van der Waals surface area contributed by atoms with Gasteiger partial charge >= 0.3 is 5.82 Å². The number of amides is 2. The molecule has 1 aliphatic heterocycles. The van der Waals surface area contributed by atoms with Gasteiger partial charge in [-0.05, 0) is 52.8 Å². The van der Waals surface area contributed by atoms with E-state index in [2.05, 4.69) is 22.3 Å². The molecule has 0 saturated carbocycles. The Morgan fingerprint density at radius 3 is 2.81 bits per heavy atom. The van der Waals surface area contributed by atoms with Crippen LogP contribution in [-0.4, -0.2) is 33.1 Å². The Hall–Kier alpha value is -4.34. The molecule has 156 valence electrons. The van der Waals surface area contributed by atoms with Gasteiger partial charge in [0.05, 0.1) is 17.0 Å². The van der Waals surface area contributed by atoms with Crippen molar-refractivity contribution in [2.45, 2.75) is 6.42 Å². The Morgan fingerprint density at radius 1 is 1.26 bits per heavy atom. The first-order valence-electron chi connectivity index (χ1n) is 9.25. The lowest BCUT2D eigenvalue weighted by molar-refractivity contribution is -0.389. The van der Waals surface area contributed by atoms with Crippen molar-refractivity contribution in [2.24, 2.45) is 0 Å². The molecule has 2 aromatic carbocycles. The van der Waals surface area contributed by atoms with Crippen LogP contribution in [0, 0.1) is 10.1 Å². The van der Waals surface area contributed by atoms with Crippen LogP contribution in [0.5, 0.6) is 0 Å². The minimum absolute atomic E-state index is 0.173. The van der Waals surface area contributed by atoms with Crippen molar-refractivity contribution in [2.75, 3.05) is 11.9 Å². The van der Waals surface area contributed by atoms with Crippen LogP contribution in [0.15, 0.2) is 61.1 Å². The molecule has 2 heterocycles. The highest BCUT2D eigenvalue weighted by Crippen LogP contribution is 2.32. The van der Waals surface area contributed by atoms with Crippen LogP contribution in [-0.2, 0) is 11.2 Å². The molecule has 10 heteroatoms. The van der Waals surface area contributed by atoms with Gasteiger partial charge in [-0.2, -0.15) is 0 Å². The Balaban J connectivity index is 1.74. The number of anilines is 1. The molecule has 4 rings (SSSR count). The summed E-state index contributed by atoms with van der Waals surface area (Å²) in [5.74, 6) is -2.65. The van der Waals surface area contributed by atoms with Crippen molar-refractivity contribution < 1.29 is 18.9 Å². The average molecular weight is 421 g/mol. The van der Waals surface area contributed by atoms with Crippen LogP contribution in [0.3, 0.4) is 0 Å². The lowest BCUT2D eigenvalue weighted by Gasteiger charge is -2.16. The molecule has 2 amide bonds. The molecule has 1 aliphatic rings. The molecule has 31 heavy (non-hydrogen) atoms. The van der Waals surface area contributed by atoms with E-state index in [4.69, 9.17) is 0 Å². The van der Waals surface area contributed by atoms with Gasteiger partial charge in [-0.1, -0.05) is 18.7 Å². The minimum Gasteiger partial charge on any atom is -0.358 e. The first kappa shape index (κ1) is 20.0. The lowest BCUT2D eigenvalue weighted by atomic mass is 9.96. The van der Waals surface area contributed by atoms with E-state index in [1.807, 2.05) is 0 Å². The number of rotatable bonds is 5. The van der Waals surface area contributed by atoms with E-state index in [1.54, 1.807) is 30.3 Å². The van der Waals surface area contributed by atoms with Gasteiger partial charge < -0.3 is 20.7 Å². The van der Waals surface area contributed by atoms with Crippen LogP contribution in [0.4, 0.5) is 15.9 Å². The summed E-state index contributed by atoms with van der Waals surface area (Å²) < 4.78 is 14.3. The molecule has 0 saturated heterocycles. The lowest BCUT2D eigenvalue weighted by Crippen LogP contribution is -2.31. The standard InChI is InChI=1S/C21H16FN5O4/c1-12(22)20(28)24-15-3-2-4-16(10-15)26-11-18(19(25-26)27(30)31)13-5-6-17-14(9-13)7-8-23-21(17)29/h2-6,9-11H,1,7-8H2,(H,23,29)(H,24,28). The monoisotopic (exact) mass is 421 g/mol. The second kappa shape index (κ2) is 7.82. The fraction of sp³-hybridized carbons (Fsp3) is 0.0952. The van der Waals surface area contributed by atoms with Gasteiger partial charge in [-0.25, -0.2) is 4.39 Å². The summed E-state index contributed by atoms with van der Waals surface area (Å²) in [4.78, 5) is 34.5. The number of carbonyl (C=O) groups is 2. The molecule has 0 fully saturated rings. The number of hydrogen-bond acceptors (Lipinski definition) is 5. The van der Waals surface area contributed by atoms with Crippen molar-refractivity contribution in [3.8, 4) is 16.8 Å². The number of nitrogens with one attached hydrogen (secondary N) is 2. The van der Waals surface area contributed by atoms with Crippen LogP contribution in [0.1, 0.15) is 15.9 Å². The van der Waals surface area contributed by atoms with Gasteiger partial charge in [-0.15, -0.1) is 4.68 Å². The largest absolute Gasteiger partial charge is 0.398 e. The molecule has 0 unspecified atom stereocenters. The smallest absolute Gasteiger partial charge is 0.358 e. The fourth-order valence-electron chi connectivity index (χ4n) is 3.36. The Kier molecular flexibility index (Phi) is 5.04. The summed E-state index contributed by atoms with van der Waals surface area (Å²) >= 11 is 0. The van der Waals surface area contributed by atoms with Crippen molar-refractivity contribution in [3.05, 3.63) is 82.3 Å². The molecule has 0 radical (unpaired) electrons. The van der Waals surface area contributed by atoms with E-state index in [-0.39, 0.29) is 23.0 Å². The maximum Gasteiger partial charge on any atom is 0.398 e. The van der Waals surface area contributed by atoms with Gasteiger partial charge in [0.25, 0.3) is 11.8 Å². The number of benzene rings is 2. The third-order valence-corrected chi connectivity index (χ3v) is 4.82. The summed E-state index contributed by atoms with van der Waals surface area (Å²) in [6.45, 7) is 3.44. The number of nitro groups is 1. The molecule has 1 aromatic heterocycles. The number of halogens is 1. The number of carbonyl (C=O) groups excluding carboxylic acids is 2. The van der Waals surface area contributed by atoms with E-state index in [9.17, 15) is 24.1 Å². The SMILES string of the molecule is C=C(F)C(=O)Nc1cccc(-n2cc(-c3ccc4c(c3)CCNC4=O)c([N+](=O)[O-])n2)c1. The van der Waals surface area contributed by atoms with Crippen LogP contribution < -0.4 is 10.6 Å². The van der Waals surface area contributed by atoms with E-state index >= 15 is 0 Å². The molecule has 0 spiro atoms. The topological polar surface area (TPSA) is 119 Å². The second-order valence-corrected chi connectivity index (χ2v) is 6.86. The third kappa shape index (κ3) is 3.90. The summed E-state index contributed by atoms with van der Waals surface area (Å²) in [7, 11) is 0. The molecule has 2 N–H and O–H groups in total. The Morgan fingerprint density at radius 2 is 2.06 bits per heavy atom. The summed E-state index contributed by atoms with van der Waals surface area (Å²) in [6.07, 6.45) is 2.12. The number of aromatic nitrogens is 2.